The number of hydrogen-bond donors (Lipinski definition) is 0. The van der Waals surface area contributed by atoms with Gasteiger partial charge in [-0.2, -0.15) is 0 Å². The van der Waals surface area contributed by atoms with Crippen molar-refractivity contribution < 1.29 is 4.42 Å². The summed E-state index contributed by atoms with van der Waals surface area (Å²) in [5.74, 6) is 1.37. The van der Waals surface area contributed by atoms with Crippen LogP contribution in [0.3, 0.4) is 0 Å². The van der Waals surface area contributed by atoms with Crippen molar-refractivity contribution in [2.45, 2.75) is 0 Å². The summed E-state index contributed by atoms with van der Waals surface area (Å²) in [6.45, 7) is 0. The van der Waals surface area contributed by atoms with Crippen LogP contribution in [-0.2, 0) is 0 Å². The second-order valence-corrected chi connectivity index (χ2v) is 13.3. The first-order valence-corrected chi connectivity index (χ1v) is 17.3. The maximum atomic E-state index is 6.33. The molecule has 0 saturated carbocycles. The Morgan fingerprint density at radius 2 is 1.10 bits per heavy atom. The van der Waals surface area contributed by atoms with E-state index in [4.69, 9.17) is 24.4 Å². The number of furan rings is 1. The van der Waals surface area contributed by atoms with Crippen LogP contribution in [0.4, 0.5) is 0 Å². The van der Waals surface area contributed by atoms with E-state index in [-0.39, 0.29) is 0 Å². The molecule has 6 aromatic carbocycles. The molecule has 6 heteroatoms. The molecule has 0 aliphatic carbocycles. The highest BCUT2D eigenvalue weighted by Gasteiger charge is 2.20. The number of para-hydroxylation sites is 1. The Morgan fingerprint density at radius 1 is 0.440 bits per heavy atom. The Bertz CT molecular complexity index is 2810. The SMILES string of the molecule is c1ccc(-c2cc(-c3cccc4c3sc3cc(-c5nc(-c6ccccc6)c6oc7ccccc7c6n5)ccc34)nc(-c3ccccc3)n2)cc1. The molecule has 4 heterocycles. The molecule has 0 fully saturated rings. The number of aromatic nitrogens is 4. The first kappa shape index (κ1) is 28.5. The Labute approximate surface area is 291 Å². The molecular formula is C44H26N4OS. The molecule has 10 aromatic rings. The normalized spacial score (nSPS) is 11.6. The first-order chi connectivity index (χ1) is 24.8. The lowest BCUT2D eigenvalue weighted by Gasteiger charge is -2.10. The molecule has 0 spiro atoms. The van der Waals surface area contributed by atoms with Crippen LogP contribution in [0.2, 0.25) is 0 Å². The molecular weight excluding hydrogens is 633 g/mol. The second-order valence-electron chi connectivity index (χ2n) is 12.2. The molecule has 0 N–H and O–H groups in total. The van der Waals surface area contributed by atoms with Crippen molar-refractivity contribution >= 4 is 53.6 Å². The van der Waals surface area contributed by atoms with Gasteiger partial charge >= 0.3 is 0 Å². The number of fused-ring (bicyclic) bond motifs is 6. The van der Waals surface area contributed by atoms with E-state index in [1.54, 1.807) is 11.3 Å². The minimum atomic E-state index is 0.665. The summed E-state index contributed by atoms with van der Waals surface area (Å²) in [5, 5.41) is 3.36. The molecule has 50 heavy (non-hydrogen) atoms. The third-order valence-electron chi connectivity index (χ3n) is 9.13. The van der Waals surface area contributed by atoms with Crippen molar-refractivity contribution in [1.29, 1.82) is 0 Å². The van der Waals surface area contributed by atoms with Crippen molar-refractivity contribution in [2.75, 3.05) is 0 Å². The molecule has 0 amide bonds. The van der Waals surface area contributed by atoms with E-state index in [0.29, 0.717) is 17.2 Å². The lowest BCUT2D eigenvalue weighted by atomic mass is 10.0. The van der Waals surface area contributed by atoms with E-state index in [2.05, 4.69) is 84.9 Å². The van der Waals surface area contributed by atoms with E-state index < -0.39 is 0 Å². The van der Waals surface area contributed by atoms with Gasteiger partial charge in [0.05, 0.1) is 11.4 Å². The van der Waals surface area contributed by atoms with E-state index in [0.717, 1.165) is 66.1 Å². The van der Waals surface area contributed by atoms with Gasteiger partial charge in [0.25, 0.3) is 0 Å². The van der Waals surface area contributed by atoms with Gasteiger partial charge in [-0.15, -0.1) is 11.3 Å². The number of thiophene rings is 1. The maximum Gasteiger partial charge on any atom is 0.180 e. The highest BCUT2D eigenvalue weighted by Crippen LogP contribution is 2.42. The lowest BCUT2D eigenvalue weighted by Crippen LogP contribution is -1.95. The van der Waals surface area contributed by atoms with Crippen LogP contribution in [0.25, 0.3) is 98.8 Å². The van der Waals surface area contributed by atoms with E-state index >= 15 is 0 Å². The number of benzene rings is 6. The van der Waals surface area contributed by atoms with Crippen LogP contribution < -0.4 is 0 Å². The lowest BCUT2D eigenvalue weighted by molar-refractivity contribution is 0.667. The summed E-state index contributed by atoms with van der Waals surface area (Å²) in [5.41, 5.74) is 9.94. The Morgan fingerprint density at radius 3 is 1.90 bits per heavy atom. The molecule has 4 aromatic heterocycles. The third kappa shape index (κ3) is 4.77. The molecule has 10 rings (SSSR count). The van der Waals surface area contributed by atoms with Crippen molar-refractivity contribution in [1.82, 2.24) is 19.9 Å². The van der Waals surface area contributed by atoms with Gasteiger partial charge in [0.2, 0.25) is 0 Å². The zero-order chi connectivity index (χ0) is 33.0. The minimum absolute atomic E-state index is 0.665. The Balaban J connectivity index is 1.15. The smallest absolute Gasteiger partial charge is 0.180 e. The summed E-state index contributed by atoms with van der Waals surface area (Å²) < 4.78 is 8.67. The minimum Gasteiger partial charge on any atom is -0.452 e. The molecule has 0 aliphatic rings. The monoisotopic (exact) mass is 658 g/mol. The zero-order valence-electron chi connectivity index (χ0n) is 26.6. The molecule has 0 aliphatic heterocycles. The standard InChI is InChI=1S/C44H26N4OS/c1-4-13-27(14-5-1)35-26-36(46-43(45-35)29-17-8-3-9-18-29)33-21-12-20-32-31-24-23-30(25-38(31)50-42(32)33)44-47-39(28-15-6-2-7-16-28)41-40(48-44)34-19-10-11-22-37(34)49-41/h1-26H. The largest absolute Gasteiger partial charge is 0.452 e. The van der Waals surface area contributed by atoms with Crippen LogP contribution >= 0.6 is 11.3 Å². The Hall–Kier alpha value is -6.50. The van der Waals surface area contributed by atoms with E-state index in [9.17, 15) is 0 Å². The van der Waals surface area contributed by atoms with Gasteiger partial charge in [0.1, 0.15) is 16.8 Å². The van der Waals surface area contributed by atoms with E-state index in [1.807, 2.05) is 72.8 Å². The summed E-state index contributed by atoms with van der Waals surface area (Å²) in [7, 11) is 0. The summed E-state index contributed by atoms with van der Waals surface area (Å²) in [6, 6.07) is 53.9. The zero-order valence-corrected chi connectivity index (χ0v) is 27.4. The van der Waals surface area contributed by atoms with Crippen molar-refractivity contribution in [2.24, 2.45) is 0 Å². The van der Waals surface area contributed by atoms with Gasteiger partial charge in [-0.1, -0.05) is 133 Å². The first-order valence-electron chi connectivity index (χ1n) is 16.5. The van der Waals surface area contributed by atoms with Crippen molar-refractivity contribution in [3.8, 4) is 56.5 Å². The quantitative estimate of drug-likeness (QED) is 0.184. The van der Waals surface area contributed by atoms with Gasteiger partial charge < -0.3 is 4.42 Å². The third-order valence-corrected chi connectivity index (χ3v) is 10.3. The molecule has 234 valence electrons. The van der Waals surface area contributed by atoms with Gasteiger partial charge in [0, 0.05) is 53.4 Å². The molecule has 0 atom stereocenters. The second kappa shape index (κ2) is 11.6. The highest BCUT2D eigenvalue weighted by atomic mass is 32.1. The molecule has 0 bridgehead atoms. The number of hydrogen-bond acceptors (Lipinski definition) is 6. The molecule has 5 nitrogen and oxygen atoms in total. The van der Waals surface area contributed by atoms with E-state index in [1.165, 1.54) is 15.5 Å². The fourth-order valence-corrected chi connectivity index (χ4v) is 7.97. The van der Waals surface area contributed by atoms with Gasteiger partial charge in [-0.25, -0.2) is 19.9 Å². The summed E-state index contributed by atoms with van der Waals surface area (Å²) in [6.07, 6.45) is 0. The fraction of sp³-hybridized carbons (Fsp3) is 0. The molecule has 0 unspecified atom stereocenters. The van der Waals surface area contributed by atoms with Crippen LogP contribution in [0.5, 0.6) is 0 Å². The van der Waals surface area contributed by atoms with Crippen LogP contribution in [-0.4, -0.2) is 19.9 Å². The fourth-order valence-electron chi connectivity index (χ4n) is 6.71. The highest BCUT2D eigenvalue weighted by molar-refractivity contribution is 7.26. The summed E-state index contributed by atoms with van der Waals surface area (Å²) in [4.78, 5) is 20.4. The van der Waals surface area contributed by atoms with Gasteiger partial charge in [0.15, 0.2) is 17.2 Å². The van der Waals surface area contributed by atoms with Crippen molar-refractivity contribution in [3.05, 3.63) is 158 Å². The predicted molar refractivity (Wildman–Crippen MR) is 205 cm³/mol. The topological polar surface area (TPSA) is 64.7 Å². The number of rotatable bonds is 5. The van der Waals surface area contributed by atoms with Crippen molar-refractivity contribution in [3.63, 3.8) is 0 Å². The van der Waals surface area contributed by atoms with Crippen LogP contribution in [0.1, 0.15) is 0 Å². The molecule has 0 radical (unpaired) electrons. The predicted octanol–water partition coefficient (Wildman–Crippen LogP) is 11.9. The Kier molecular flexibility index (Phi) is 6.60. The molecule has 0 saturated heterocycles. The van der Waals surface area contributed by atoms with Crippen LogP contribution in [0.15, 0.2) is 162 Å². The van der Waals surface area contributed by atoms with Crippen LogP contribution in [0, 0.1) is 0 Å². The average Bonchev–Trinajstić information content (AvgIpc) is 3.76. The van der Waals surface area contributed by atoms with Gasteiger partial charge in [-0.05, 0) is 24.3 Å². The number of nitrogens with zero attached hydrogens (tertiary/aromatic N) is 4. The van der Waals surface area contributed by atoms with Gasteiger partial charge in [-0.3, -0.25) is 0 Å². The maximum absolute atomic E-state index is 6.33. The average molecular weight is 659 g/mol. The summed E-state index contributed by atoms with van der Waals surface area (Å²) >= 11 is 1.77.